The van der Waals surface area contributed by atoms with Crippen LogP contribution in [0, 0.1) is 0 Å². The van der Waals surface area contributed by atoms with E-state index in [0.29, 0.717) is 13.1 Å². The summed E-state index contributed by atoms with van der Waals surface area (Å²) >= 11 is 1.62. The minimum atomic E-state index is 0.177. The fourth-order valence-corrected chi connectivity index (χ4v) is 3.92. The van der Waals surface area contributed by atoms with Gasteiger partial charge < -0.3 is 9.80 Å². The van der Waals surface area contributed by atoms with Gasteiger partial charge in [-0.3, -0.25) is 4.79 Å². The van der Waals surface area contributed by atoms with E-state index in [2.05, 4.69) is 29.2 Å². The van der Waals surface area contributed by atoms with Crippen LogP contribution < -0.4 is 4.90 Å². The summed E-state index contributed by atoms with van der Waals surface area (Å²) in [7, 11) is 4.04. The van der Waals surface area contributed by atoms with E-state index in [0.717, 1.165) is 29.2 Å². The number of hydrogen-bond acceptors (Lipinski definition) is 3. The number of likely N-dealkylation sites (N-methyl/N-ethyl adjacent to an activating group) is 1. The number of nitrogens with one attached hydrogen (secondary N) is 1. The maximum atomic E-state index is 12.9. The smallest absolute Gasteiger partial charge is 0.278 e. The summed E-state index contributed by atoms with van der Waals surface area (Å²) in [6.07, 6.45) is 5.11. The number of hydrogen-bond donors (Lipinski definition) is 1. The van der Waals surface area contributed by atoms with Crippen molar-refractivity contribution in [3.8, 4) is 0 Å². The molecule has 23 heavy (non-hydrogen) atoms. The van der Waals surface area contributed by atoms with Gasteiger partial charge in [0, 0.05) is 11.6 Å². The van der Waals surface area contributed by atoms with Crippen molar-refractivity contribution in [3.05, 3.63) is 52.0 Å². The standard InChI is InChI=1S/C18H23N3OS/c1-20(2)13-18(22)21(12-17-19-10-11-23-17)16-9-5-7-14-6-3-4-8-15(14)16/h3-4,6,8,10-11,16H,5,7,9,12-13H2,1-2H3/p+1/t16-/m0/s1. The van der Waals surface area contributed by atoms with Gasteiger partial charge in [-0.25, -0.2) is 4.98 Å². The molecule has 1 atom stereocenters. The number of amides is 1. The van der Waals surface area contributed by atoms with Gasteiger partial charge in [0.15, 0.2) is 6.54 Å². The normalized spacial score (nSPS) is 17.1. The Bertz CT molecular complexity index is 654. The van der Waals surface area contributed by atoms with E-state index in [4.69, 9.17) is 0 Å². The van der Waals surface area contributed by atoms with Gasteiger partial charge in [-0.1, -0.05) is 24.3 Å². The van der Waals surface area contributed by atoms with Crippen molar-refractivity contribution in [2.24, 2.45) is 0 Å². The van der Waals surface area contributed by atoms with Crippen LogP contribution >= 0.6 is 11.3 Å². The topological polar surface area (TPSA) is 37.6 Å². The van der Waals surface area contributed by atoms with Crippen LogP contribution in [0.25, 0.3) is 0 Å². The molecule has 1 amide bonds. The lowest BCUT2D eigenvalue weighted by molar-refractivity contribution is -0.849. The number of benzene rings is 1. The quantitative estimate of drug-likeness (QED) is 0.906. The van der Waals surface area contributed by atoms with Gasteiger partial charge in [0.1, 0.15) is 5.01 Å². The summed E-state index contributed by atoms with van der Waals surface area (Å²) < 4.78 is 0. The van der Waals surface area contributed by atoms with E-state index in [1.807, 2.05) is 30.6 Å². The fourth-order valence-electron chi connectivity index (χ4n) is 3.30. The monoisotopic (exact) mass is 330 g/mol. The SMILES string of the molecule is C[NH+](C)CC(=O)N(Cc1nccs1)[C@H]1CCCc2ccccc21. The van der Waals surface area contributed by atoms with Crippen LogP contribution in [0.5, 0.6) is 0 Å². The summed E-state index contributed by atoms with van der Waals surface area (Å²) in [6.45, 7) is 1.13. The Morgan fingerprint density at radius 3 is 2.96 bits per heavy atom. The molecule has 0 bridgehead atoms. The third-order valence-electron chi connectivity index (χ3n) is 4.33. The van der Waals surface area contributed by atoms with E-state index in [1.54, 1.807) is 11.3 Å². The summed E-state index contributed by atoms with van der Waals surface area (Å²) in [5.41, 5.74) is 2.70. The predicted molar refractivity (Wildman–Crippen MR) is 92.5 cm³/mol. The van der Waals surface area contributed by atoms with Crippen molar-refractivity contribution in [2.45, 2.75) is 31.8 Å². The molecule has 1 N–H and O–H groups in total. The van der Waals surface area contributed by atoms with E-state index in [9.17, 15) is 4.79 Å². The van der Waals surface area contributed by atoms with Crippen molar-refractivity contribution < 1.29 is 9.69 Å². The zero-order chi connectivity index (χ0) is 16.2. The van der Waals surface area contributed by atoms with Crippen molar-refractivity contribution in [2.75, 3.05) is 20.6 Å². The lowest BCUT2D eigenvalue weighted by atomic mass is 9.86. The molecule has 0 aliphatic heterocycles. The van der Waals surface area contributed by atoms with Crippen LogP contribution in [0.4, 0.5) is 0 Å². The van der Waals surface area contributed by atoms with Crippen molar-refractivity contribution in [1.29, 1.82) is 0 Å². The molecular weight excluding hydrogens is 306 g/mol. The molecule has 0 fully saturated rings. The number of aromatic nitrogens is 1. The molecule has 5 heteroatoms. The van der Waals surface area contributed by atoms with Crippen LogP contribution in [0.1, 0.15) is 35.0 Å². The lowest BCUT2D eigenvalue weighted by Gasteiger charge is -2.35. The summed E-state index contributed by atoms with van der Waals surface area (Å²) in [5, 5.41) is 2.99. The first-order valence-corrected chi connectivity index (χ1v) is 9.08. The number of fused-ring (bicyclic) bond motifs is 1. The third kappa shape index (κ3) is 3.79. The number of carbonyl (C=O) groups excluding carboxylic acids is 1. The molecular formula is C18H24N3OS+. The third-order valence-corrected chi connectivity index (χ3v) is 5.09. The largest absolute Gasteiger partial charge is 0.332 e. The zero-order valence-electron chi connectivity index (χ0n) is 13.8. The first kappa shape index (κ1) is 16.1. The van der Waals surface area contributed by atoms with E-state index in [1.165, 1.54) is 11.1 Å². The average Bonchev–Trinajstić information content (AvgIpc) is 3.04. The van der Waals surface area contributed by atoms with Gasteiger partial charge in [-0.15, -0.1) is 11.3 Å². The maximum Gasteiger partial charge on any atom is 0.278 e. The second-order valence-electron chi connectivity index (χ2n) is 6.44. The first-order chi connectivity index (χ1) is 11.1. The van der Waals surface area contributed by atoms with E-state index >= 15 is 0 Å². The molecule has 0 saturated heterocycles. The molecule has 1 aliphatic rings. The van der Waals surface area contributed by atoms with Gasteiger partial charge in [0.05, 0.1) is 26.7 Å². The summed E-state index contributed by atoms with van der Waals surface area (Å²) in [6, 6.07) is 8.74. The highest BCUT2D eigenvalue weighted by Gasteiger charge is 2.30. The van der Waals surface area contributed by atoms with Crippen LogP contribution in [-0.2, 0) is 17.8 Å². The maximum absolute atomic E-state index is 12.9. The highest BCUT2D eigenvalue weighted by atomic mass is 32.1. The zero-order valence-corrected chi connectivity index (χ0v) is 14.6. The molecule has 3 rings (SSSR count). The van der Waals surface area contributed by atoms with Gasteiger partial charge in [0.2, 0.25) is 0 Å². The Morgan fingerprint density at radius 2 is 2.22 bits per heavy atom. The van der Waals surface area contributed by atoms with Crippen LogP contribution in [0.2, 0.25) is 0 Å². The summed E-state index contributed by atoms with van der Waals surface area (Å²) in [4.78, 5) is 20.5. The molecule has 0 spiro atoms. The molecule has 0 unspecified atom stereocenters. The molecule has 0 radical (unpaired) electrons. The Balaban J connectivity index is 1.90. The Morgan fingerprint density at radius 1 is 1.39 bits per heavy atom. The van der Waals surface area contributed by atoms with E-state index < -0.39 is 0 Å². The number of carbonyl (C=O) groups is 1. The van der Waals surface area contributed by atoms with Crippen LogP contribution in [0.3, 0.4) is 0 Å². The van der Waals surface area contributed by atoms with Gasteiger partial charge >= 0.3 is 0 Å². The molecule has 1 aliphatic carbocycles. The van der Waals surface area contributed by atoms with Crippen molar-refractivity contribution in [1.82, 2.24) is 9.88 Å². The molecule has 1 aromatic heterocycles. The van der Waals surface area contributed by atoms with Gasteiger partial charge in [-0.2, -0.15) is 0 Å². The molecule has 4 nitrogen and oxygen atoms in total. The number of quaternary nitrogens is 1. The number of thiazole rings is 1. The highest BCUT2D eigenvalue weighted by molar-refractivity contribution is 7.09. The van der Waals surface area contributed by atoms with E-state index in [-0.39, 0.29) is 11.9 Å². The number of aryl methyl sites for hydroxylation is 1. The molecule has 122 valence electrons. The van der Waals surface area contributed by atoms with Crippen molar-refractivity contribution in [3.63, 3.8) is 0 Å². The predicted octanol–water partition coefficient (Wildman–Crippen LogP) is 1.69. The Hall–Kier alpha value is -1.72. The first-order valence-electron chi connectivity index (χ1n) is 8.20. The molecule has 0 saturated carbocycles. The molecule has 1 heterocycles. The second-order valence-corrected chi connectivity index (χ2v) is 7.42. The number of nitrogens with zero attached hydrogens (tertiary/aromatic N) is 2. The Kier molecular flexibility index (Phi) is 5.08. The lowest BCUT2D eigenvalue weighted by Crippen LogP contribution is -3.07. The second kappa shape index (κ2) is 7.23. The highest BCUT2D eigenvalue weighted by Crippen LogP contribution is 2.35. The van der Waals surface area contributed by atoms with Crippen LogP contribution in [-0.4, -0.2) is 36.4 Å². The number of rotatable bonds is 5. The van der Waals surface area contributed by atoms with Crippen molar-refractivity contribution >= 4 is 17.2 Å². The minimum absolute atomic E-state index is 0.177. The van der Waals surface area contributed by atoms with Gasteiger partial charge in [0.25, 0.3) is 5.91 Å². The average molecular weight is 330 g/mol. The fraction of sp³-hybridized carbons (Fsp3) is 0.444. The van der Waals surface area contributed by atoms with Gasteiger partial charge in [-0.05, 0) is 30.4 Å². The Labute approximate surface area is 141 Å². The van der Waals surface area contributed by atoms with Crippen LogP contribution in [0.15, 0.2) is 35.8 Å². The minimum Gasteiger partial charge on any atom is -0.332 e. The molecule has 1 aromatic carbocycles. The summed E-state index contributed by atoms with van der Waals surface area (Å²) in [5.74, 6) is 0.210. The molecule has 2 aromatic rings.